The molecule has 2 heteroatoms. The minimum absolute atomic E-state index is 0.957. The van der Waals surface area contributed by atoms with Gasteiger partial charge in [-0.2, -0.15) is 0 Å². The summed E-state index contributed by atoms with van der Waals surface area (Å²) in [5, 5.41) is 0.957. The van der Waals surface area contributed by atoms with Gasteiger partial charge in [-0.15, -0.1) is 0 Å². The zero-order chi connectivity index (χ0) is 12.1. The zero-order valence-electron chi connectivity index (χ0n) is 10.7. The maximum atomic E-state index is 3.54. The molecule has 1 aromatic rings. The van der Waals surface area contributed by atoms with Crippen molar-refractivity contribution < 1.29 is 0 Å². The Hall–Kier alpha value is -0.500. The SMILES string of the molecule is Cc1cc(N2CCCCCCC2)ccc1CBr. The first-order chi connectivity index (χ1) is 8.31. The van der Waals surface area contributed by atoms with Crippen molar-refractivity contribution in [1.82, 2.24) is 0 Å². The fourth-order valence-corrected chi connectivity index (χ4v) is 3.16. The van der Waals surface area contributed by atoms with Gasteiger partial charge >= 0.3 is 0 Å². The maximum Gasteiger partial charge on any atom is 0.0369 e. The second kappa shape index (κ2) is 6.44. The van der Waals surface area contributed by atoms with Crippen LogP contribution in [0.4, 0.5) is 5.69 Å². The van der Waals surface area contributed by atoms with E-state index >= 15 is 0 Å². The smallest absolute Gasteiger partial charge is 0.0369 e. The molecule has 0 spiro atoms. The molecule has 1 aromatic carbocycles. The van der Waals surface area contributed by atoms with Crippen LogP contribution in [0.25, 0.3) is 0 Å². The molecule has 0 aromatic heterocycles. The fraction of sp³-hybridized carbons (Fsp3) is 0.600. The minimum Gasteiger partial charge on any atom is -0.372 e. The van der Waals surface area contributed by atoms with E-state index in [1.807, 2.05) is 0 Å². The van der Waals surface area contributed by atoms with Gasteiger partial charge in [0.15, 0.2) is 0 Å². The Morgan fingerprint density at radius 3 is 2.29 bits per heavy atom. The Labute approximate surface area is 113 Å². The molecule has 0 amide bonds. The van der Waals surface area contributed by atoms with Crippen molar-refractivity contribution >= 4 is 21.6 Å². The molecule has 0 saturated carbocycles. The number of halogens is 1. The summed E-state index contributed by atoms with van der Waals surface area (Å²) in [4.78, 5) is 2.56. The number of anilines is 1. The number of nitrogens with zero attached hydrogens (tertiary/aromatic N) is 1. The number of rotatable bonds is 2. The second-order valence-corrected chi connectivity index (χ2v) is 5.56. The number of benzene rings is 1. The van der Waals surface area contributed by atoms with Gasteiger partial charge in [0.05, 0.1) is 0 Å². The maximum absolute atomic E-state index is 3.54. The van der Waals surface area contributed by atoms with Crippen molar-refractivity contribution in [1.29, 1.82) is 0 Å². The number of hydrogen-bond acceptors (Lipinski definition) is 1. The molecule has 0 N–H and O–H groups in total. The molecule has 1 fully saturated rings. The normalized spacial score (nSPS) is 17.6. The van der Waals surface area contributed by atoms with Gasteiger partial charge in [0.2, 0.25) is 0 Å². The van der Waals surface area contributed by atoms with Crippen molar-refractivity contribution in [3.63, 3.8) is 0 Å². The third kappa shape index (κ3) is 3.48. The Morgan fingerprint density at radius 2 is 1.71 bits per heavy atom. The van der Waals surface area contributed by atoms with E-state index in [0.29, 0.717) is 0 Å². The van der Waals surface area contributed by atoms with Crippen molar-refractivity contribution in [2.24, 2.45) is 0 Å². The van der Waals surface area contributed by atoms with E-state index in [2.05, 4.69) is 46.0 Å². The zero-order valence-corrected chi connectivity index (χ0v) is 12.3. The van der Waals surface area contributed by atoms with Gasteiger partial charge in [-0.1, -0.05) is 41.3 Å². The monoisotopic (exact) mass is 295 g/mol. The molecule has 0 unspecified atom stereocenters. The lowest BCUT2D eigenvalue weighted by atomic mass is 10.1. The minimum atomic E-state index is 0.957. The molecule has 1 saturated heterocycles. The van der Waals surface area contributed by atoms with E-state index in [1.165, 1.54) is 62.0 Å². The highest BCUT2D eigenvalue weighted by Gasteiger charge is 2.09. The highest BCUT2D eigenvalue weighted by Crippen LogP contribution is 2.23. The third-order valence-electron chi connectivity index (χ3n) is 3.69. The average molecular weight is 296 g/mol. The van der Waals surface area contributed by atoms with Crippen LogP contribution in [-0.4, -0.2) is 13.1 Å². The molecule has 0 radical (unpaired) electrons. The molecular formula is C15H22BrN. The van der Waals surface area contributed by atoms with Gasteiger partial charge in [-0.05, 0) is 43.0 Å². The second-order valence-electron chi connectivity index (χ2n) is 5.00. The van der Waals surface area contributed by atoms with E-state index in [4.69, 9.17) is 0 Å². The van der Waals surface area contributed by atoms with Crippen LogP contribution in [0.1, 0.15) is 43.2 Å². The van der Waals surface area contributed by atoms with Crippen molar-refractivity contribution in [2.75, 3.05) is 18.0 Å². The van der Waals surface area contributed by atoms with Crippen molar-refractivity contribution in [2.45, 2.75) is 44.4 Å². The van der Waals surface area contributed by atoms with Crippen LogP contribution in [0, 0.1) is 6.92 Å². The highest BCUT2D eigenvalue weighted by molar-refractivity contribution is 9.08. The summed E-state index contributed by atoms with van der Waals surface area (Å²) in [6.45, 7) is 4.67. The summed E-state index contributed by atoms with van der Waals surface area (Å²) < 4.78 is 0. The van der Waals surface area contributed by atoms with E-state index in [9.17, 15) is 0 Å². The molecule has 2 rings (SSSR count). The van der Waals surface area contributed by atoms with Crippen molar-refractivity contribution in [3.05, 3.63) is 29.3 Å². The largest absolute Gasteiger partial charge is 0.372 e. The molecule has 1 nitrogen and oxygen atoms in total. The van der Waals surface area contributed by atoms with Crippen LogP contribution in [0.15, 0.2) is 18.2 Å². The Balaban J connectivity index is 2.11. The van der Waals surface area contributed by atoms with Crippen LogP contribution in [0.3, 0.4) is 0 Å². The quantitative estimate of drug-likeness (QED) is 0.717. The van der Waals surface area contributed by atoms with E-state index in [0.717, 1.165) is 5.33 Å². The predicted octanol–water partition coefficient (Wildman–Crippen LogP) is 4.66. The molecular weight excluding hydrogens is 274 g/mol. The first-order valence-corrected chi connectivity index (χ1v) is 7.84. The first kappa shape index (κ1) is 12.9. The molecule has 1 aliphatic rings. The lowest BCUT2D eigenvalue weighted by molar-refractivity contribution is 0.556. The van der Waals surface area contributed by atoms with Crippen LogP contribution < -0.4 is 4.90 Å². The van der Waals surface area contributed by atoms with E-state index in [-0.39, 0.29) is 0 Å². The van der Waals surface area contributed by atoms with E-state index in [1.54, 1.807) is 0 Å². The average Bonchev–Trinajstić information content (AvgIpc) is 2.28. The molecule has 0 bridgehead atoms. The van der Waals surface area contributed by atoms with Gasteiger partial charge in [0.25, 0.3) is 0 Å². The first-order valence-electron chi connectivity index (χ1n) is 6.71. The molecule has 94 valence electrons. The van der Waals surface area contributed by atoms with Crippen LogP contribution in [0.5, 0.6) is 0 Å². The van der Waals surface area contributed by atoms with Crippen LogP contribution >= 0.6 is 15.9 Å². The summed E-state index contributed by atoms with van der Waals surface area (Å²) in [6, 6.07) is 6.89. The van der Waals surface area contributed by atoms with Crippen LogP contribution in [-0.2, 0) is 5.33 Å². The number of aryl methyl sites for hydroxylation is 1. The van der Waals surface area contributed by atoms with E-state index < -0.39 is 0 Å². The standard InChI is InChI=1S/C15H22BrN/c1-13-11-15(8-7-14(13)12-16)17-9-5-3-2-4-6-10-17/h7-8,11H,2-6,9-10,12H2,1H3. The third-order valence-corrected chi connectivity index (χ3v) is 4.30. The van der Waals surface area contributed by atoms with Crippen LogP contribution in [0.2, 0.25) is 0 Å². The molecule has 0 atom stereocenters. The van der Waals surface area contributed by atoms with Gasteiger partial charge in [0.1, 0.15) is 0 Å². The fourth-order valence-electron chi connectivity index (χ4n) is 2.53. The van der Waals surface area contributed by atoms with Gasteiger partial charge < -0.3 is 4.90 Å². The van der Waals surface area contributed by atoms with Gasteiger partial charge in [-0.25, -0.2) is 0 Å². The molecule has 1 aliphatic heterocycles. The molecule has 0 aliphatic carbocycles. The van der Waals surface area contributed by atoms with Crippen molar-refractivity contribution in [3.8, 4) is 0 Å². The summed E-state index contributed by atoms with van der Waals surface area (Å²) in [5.41, 5.74) is 4.22. The summed E-state index contributed by atoms with van der Waals surface area (Å²) in [6.07, 6.45) is 6.91. The number of hydrogen-bond donors (Lipinski definition) is 0. The predicted molar refractivity (Wildman–Crippen MR) is 79.1 cm³/mol. The number of alkyl halides is 1. The summed E-state index contributed by atoms with van der Waals surface area (Å²) in [7, 11) is 0. The van der Waals surface area contributed by atoms with Gasteiger partial charge in [0, 0.05) is 24.1 Å². The lowest BCUT2D eigenvalue weighted by Crippen LogP contribution is -2.27. The highest BCUT2D eigenvalue weighted by atomic mass is 79.9. The Bertz CT molecular complexity index is 354. The van der Waals surface area contributed by atoms with Gasteiger partial charge in [-0.3, -0.25) is 0 Å². The topological polar surface area (TPSA) is 3.24 Å². The summed E-state index contributed by atoms with van der Waals surface area (Å²) >= 11 is 3.54. The molecule has 1 heterocycles. The Kier molecular flexibility index (Phi) is 4.90. The lowest BCUT2D eigenvalue weighted by Gasteiger charge is -2.27. The molecule has 17 heavy (non-hydrogen) atoms. The summed E-state index contributed by atoms with van der Waals surface area (Å²) in [5.74, 6) is 0. The Morgan fingerprint density at radius 1 is 1.06 bits per heavy atom.